The average molecular weight is 354 g/mol. The van der Waals surface area contributed by atoms with E-state index < -0.39 is 5.69 Å². The highest BCUT2D eigenvalue weighted by atomic mass is 32.2. The van der Waals surface area contributed by atoms with Crippen LogP contribution in [0.25, 0.3) is 5.65 Å². The Morgan fingerprint density at radius 2 is 1.88 bits per heavy atom. The van der Waals surface area contributed by atoms with Gasteiger partial charge in [-0.15, -0.1) is 0 Å². The highest BCUT2D eigenvalue weighted by Crippen LogP contribution is 2.16. The van der Waals surface area contributed by atoms with Crippen LogP contribution in [0.15, 0.2) is 46.5 Å². The minimum absolute atomic E-state index is 0.133. The molecule has 0 saturated heterocycles. The van der Waals surface area contributed by atoms with Gasteiger partial charge in [0.1, 0.15) is 5.65 Å². The lowest BCUT2D eigenvalue weighted by Gasteiger charge is -2.08. The van der Waals surface area contributed by atoms with E-state index in [4.69, 9.17) is 0 Å². The van der Waals surface area contributed by atoms with Crippen LogP contribution >= 0.6 is 11.8 Å². The monoisotopic (exact) mass is 354 g/mol. The molecule has 0 aliphatic heterocycles. The van der Waals surface area contributed by atoms with E-state index >= 15 is 0 Å². The van der Waals surface area contributed by atoms with E-state index in [1.807, 2.05) is 45.0 Å². The third-order valence-corrected chi connectivity index (χ3v) is 4.45. The Kier molecular flexibility index (Phi) is 4.85. The molecule has 0 aliphatic carbocycles. The maximum Gasteiger partial charge on any atom is 0.355 e. The fourth-order valence-corrected chi connectivity index (χ4v) is 3.22. The number of carbonyl (C=O) groups is 1. The molecule has 0 saturated carbocycles. The number of rotatable bonds is 4. The molecule has 3 aromatic rings. The van der Waals surface area contributed by atoms with Crippen LogP contribution in [0, 0.1) is 20.8 Å². The van der Waals surface area contributed by atoms with Gasteiger partial charge in [0.05, 0.1) is 5.75 Å². The van der Waals surface area contributed by atoms with Gasteiger partial charge in [-0.05, 0) is 55.7 Å². The maximum absolute atomic E-state index is 12.2. The molecule has 1 aromatic carbocycles. The van der Waals surface area contributed by atoms with Crippen molar-refractivity contribution in [3.05, 3.63) is 63.7 Å². The molecule has 25 heavy (non-hydrogen) atoms. The number of thioether (sulfide) groups is 1. The van der Waals surface area contributed by atoms with E-state index in [0.717, 1.165) is 34.1 Å². The van der Waals surface area contributed by atoms with Gasteiger partial charge in [-0.2, -0.15) is 4.98 Å². The number of hydrogen-bond acceptors (Lipinski definition) is 5. The molecule has 0 spiro atoms. The Morgan fingerprint density at radius 3 is 2.60 bits per heavy atom. The van der Waals surface area contributed by atoms with Crippen LogP contribution in [0.2, 0.25) is 0 Å². The van der Waals surface area contributed by atoms with E-state index in [0.29, 0.717) is 10.8 Å². The van der Waals surface area contributed by atoms with Crippen molar-refractivity contribution in [1.29, 1.82) is 0 Å². The fourth-order valence-electron chi connectivity index (χ4n) is 2.59. The number of pyridine rings is 1. The Labute approximate surface area is 149 Å². The number of amides is 1. The second kappa shape index (κ2) is 7.06. The summed E-state index contributed by atoms with van der Waals surface area (Å²) in [7, 11) is 0. The lowest BCUT2D eigenvalue weighted by atomic mass is 10.1. The van der Waals surface area contributed by atoms with E-state index in [2.05, 4.69) is 15.3 Å². The second-order valence-electron chi connectivity index (χ2n) is 5.89. The number of aromatic nitrogens is 3. The summed E-state index contributed by atoms with van der Waals surface area (Å²) in [5.74, 6) is -0.0299. The minimum Gasteiger partial charge on any atom is -0.325 e. The van der Waals surface area contributed by atoms with E-state index in [1.54, 1.807) is 12.3 Å². The van der Waals surface area contributed by atoms with Crippen molar-refractivity contribution in [2.45, 2.75) is 25.9 Å². The Balaban J connectivity index is 1.73. The third kappa shape index (κ3) is 4.06. The number of benzene rings is 1. The average Bonchev–Trinajstić information content (AvgIpc) is 2.53. The van der Waals surface area contributed by atoms with Gasteiger partial charge >= 0.3 is 5.69 Å². The van der Waals surface area contributed by atoms with Crippen LogP contribution in [-0.4, -0.2) is 26.0 Å². The zero-order valence-corrected chi connectivity index (χ0v) is 15.1. The normalized spacial score (nSPS) is 10.8. The third-order valence-electron chi connectivity index (χ3n) is 3.60. The largest absolute Gasteiger partial charge is 0.355 e. The Hall–Kier alpha value is -2.67. The molecule has 0 radical (unpaired) electrons. The molecule has 3 rings (SSSR count). The van der Waals surface area contributed by atoms with Gasteiger partial charge in [-0.3, -0.25) is 9.20 Å². The Morgan fingerprint density at radius 1 is 1.16 bits per heavy atom. The summed E-state index contributed by atoms with van der Waals surface area (Å²) in [4.78, 5) is 32.5. The molecule has 2 aromatic heterocycles. The van der Waals surface area contributed by atoms with Crippen molar-refractivity contribution >= 4 is 29.0 Å². The van der Waals surface area contributed by atoms with Crippen LogP contribution in [0.1, 0.15) is 16.7 Å². The molecule has 0 atom stereocenters. The summed E-state index contributed by atoms with van der Waals surface area (Å²) in [6.45, 7) is 5.84. The molecule has 0 unspecified atom stereocenters. The van der Waals surface area contributed by atoms with Crippen LogP contribution < -0.4 is 11.0 Å². The summed E-state index contributed by atoms with van der Waals surface area (Å²) >= 11 is 1.15. The molecular formula is C18H18N4O2S. The fraction of sp³-hybridized carbons (Fsp3) is 0.222. The van der Waals surface area contributed by atoms with Crippen molar-refractivity contribution in [2.24, 2.45) is 0 Å². The highest BCUT2D eigenvalue weighted by molar-refractivity contribution is 7.99. The topological polar surface area (TPSA) is 76.4 Å². The van der Waals surface area contributed by atoms with E-state index in [1.165, 1.54) is 4.40 Å². The van der Waals surface area contributed by atoms with Crippen molar-refractivity contribution in [2.75, 3.05) is 11.1 Å². The summed E-state index contributed by atoms with van der Waals surface area (Å²) in [5.41, 5.74) is 3.97. The van der Waals surface area contributed by atoms with E-state index in [9.17, 15) is 9.59 Å². The van der Waals surface area contributed by atoms with Crippen molar-refractivity contribution < 1.29 is 4.79 Å². The molecule has 2 heterocycles. The quantitative estimate of drug-likeness (QED) is 0.729. The standard InChI is InChI=1S/C18H18N4O2S/c1-11-7-12(2)9-14(8-11)19-15(23)10-25-17-20-16-13(3)5-4-6-22(16)18(24)21-17/h4-9H,10H2,1-3H3,(H,19,23). The number of hydrogen-bond donors (Lipinski definition) is 1. The van der Waals surface area contributed by atoms with Crippen LogP contribution in [0.3, 0.4) is 0 Å². The summed E-state index contributed by atoms with van der Waals surface area (Å²) in [6.07, 6.45) is 1.63. The van der Waals surface area contributed by atoms with E-state index in [-0.39, 0.29) is 11.7 Å². The predicted molar refractivity (Wildman–Crippen MR) is 99.3 cm³/mol. The SMILES string of the molecule is Cc1cc(C)cc(NC(=O)CSc2nc(=O)n3cccc(C)c3n2)c1. The van der Waals surface area contributed by atoms with Gasteiger partial charge in [0.25, 0.3) is 0 Å². The molecule has 0 bridgehead atoms. The second-order valence-corrected chi connectivity index (χ2v) is 6.83. The van der Waals surface area contributed by atoms with Crippen LogP contribution in [0.5, 0.6) is 0 Å². The van der Waals surface area contributed by atoms with Gasteiger partial charge in [0, 0.05) is 11.9 Å². The number of anilines is 1. The summed E-state index contributed by atoms with van der Waals surface area (Å²) < 4.78 is 1.40. The number of nitrogens with one attached hydrogen (secondary N) is 1. The van der Waals surface area contributed by atoms with Gasteiger partial charge in [-0.1, -0.05) is 23.9 Å². The summed E-state index contributed by atoms with van der Waals surface area (Å²) in [5, 5.41) is 3.16. The van der Waals surface area contributed by atoms with Gasteiger partial charge in [0.15, 0.2) is 5.16 Å². The summed E-state index contributed by atoms with van der Waals surface area (Å²) in [6, 6.07) is 9.53. The lowest BCUT2D eigenvalue weighted by Crippen LogP contribution is -2.20. The lowest BCUT2D eigenvalue weighted by molar-refractivity contribution is -0.113. The number of aryl methyl sites for hydroxylation is 3. The van der Waals surface area contributed by atoms with Crippen molar-refractivity contribution in [1.82, 2.24) is 14.4 Å². The highest BCUT2D eigenvalue weighted by Gasteiger charge is 2.10. The molecule has 0 aliphatic rings. The zero-order valence-electron chi connectivity index (χ0n) is 14.2. The minimum atomic E-state index is -0.397. The Bertz CT molecular complexity index is 993. The van der Waals surface area contributed by atoms with Crippen LogP contribution in [0.4, 0.5) is 5.69 Å². The molecule has 0 fully saturated rings. The number of fused-ring (bicyclic) bond motifs is 1. The molecule has 1 N–H and O–H groups in total. The first-order valence-electron chi connectivity index (χ1n) is 7.79. The first kappa shape index (κ1) is 17.2. The number of carbonyl (C=O) groups excluding carboxylic acids is 1. The van der Waals surface area contributed by atoms with Crippen LogP contribution in [-0.2, 0) is 4.79 Å². The zero-order chi connectivity index (χ0) is 18.0. The molecule has 1 amide bonds. The van der Waals surface area contributed by atoms with Gasteiger partial charge in [0.2, 0.25) is 5.91 Å². The molecule has 7 heteroatoms. The molecular weight excluding hydrogens is 336 g/mol. The molecule has 6 nitrogen and oxygen atoms in total. The van der Waals surface area contributed by atoms with Gasteiger partial charge < -0.3 is 5.32 Å². The van der Waals surface area contributed by atoms with Crippen molar-refractivity contribution in [3.8, 4) is 0 Å². The number of nitrogens with zero attached hydrogens (tertiary/aromatic N) is 3. The molecule has 128 valence electrons. The van der Waals surface area contributed by atoms with Gasteiger partial charge in [-0.25, -0.2) is 9.78 Å². The first-order valence-corrected chi connectivity index (χ1v) is 8.78. The van der Waals surface area contributed by atoms with Crippen molar-refractivity contribution in [3.63, 3.8) is 0 Å². The maximum atomic E-state index is 12.2. The first-order chi connectivity index (χ1) is 11.9. The predicted octanol–water partition coefficient (Wildman–Crippen LogP) is 2.75. The smallest absolute Gasteiger partial charge is 0.325 e.